The summed E-state index contributed by atoms with van der Waals surface area (Å²) in [6, 6.07) is 7.84. The number of methoxy groups -OCH3 is 2. The third-order valence-electron chi connectivity index (χ3n) is 5.90. The number of H-pyrrole nitrogens is 1. The van der Waals surface area contributed by atoms with Crippen LogP contribution in [-0.4, -0.2) is 93.2 Å². The predicted octanol–water partition coefficient (Wildman–Crippen LogP) is 2.48. The van der Waals surface area contributed by atoms with Gasteiger partial charge in [-0.05, 0) is 38.1 Å². The second-order valence-corrected chi connectivity index (χ2v) is 12.3. The number of ether oxygens (including phenoxy) is 3. The van der Waals surface area contributed by atoms with Crippen molar-refractivity contribution in [3.05, 3.63) is 59.4 Å². The number of carboxylic acid groups (broad SMARTS) is 1. The van der Waals surface area contributed by atoms with E-state index >= 15 is 0 Å². The van der Waals surface area contributed by atoms with Crippen LogP contribution in [0, 0.1) is 13.8 Å². The molecular weight excluding hydrogens is 573 g/mol. The minimum Gasteiger partial charge on any atom is -0.497 e. The molecule has 2 aromatic carbocycles. The van der Waals surface area contributed by atoms with E-state index in [1.54, 1.807) is 13.8 Å². The third kappa shape index (κ3) is 6.25. The summed E-state index contributed by atoms with van der Waals surface area (Å²) in [6.07, 6.45) is 1.52. The molecule has 12 nitrogen and oxygen atoms in total. The fourth-order valence-electron chi connectivity index (χ4n) is 3.96. The molecule has 2 heterocycles. The van der Waals surface area contributed by atoms with Crippen LogP contribution in [0.25, 0.3) is 11.0 Å². The Kier molecular flexibility index (Phi) is 9.52. The van der Waals surface area contributed by atoms with Crippen molar-refractivity contribution in [2.45, 2.75) is 34.5 Å². The van der Waals surface area contributed by atoms with Gasteiger partial charge < -0.3 is 24.3 Å². The zero-order valence-electron chi connectivity index (χ0n) is 22.4. The molecule has 2 N–H and O–H groups in total. The molecule has 0 amide bonds. The number of nitrogens with zero attached hydrogens (tertiary/aromatic N) is 2. The maximum Gasteiger partial charge on any atom is 0.341 e. The third-order valence-corrected chi connectivity index (χ3v) is 9.12. The van der Waals surface area contributed by atoms with Crippen molar-refractivity contribution in [1.29, 1.82) is 0 Å². The van der Waals surface area contributed by atoms with Crippen LogP contribution in [0.2, 0.25) is 0 Å². The van der Waals surface area contributed by atoms with Gasteiger partial charge >= 0.3 is 5.97 Å². The maximum atomic E-state index is 13.6. The number of benzene rings is 2. The summed E-state index contributed by atoms with van der Waals surface area (Å²) in [4.78, 5) is 21.4. The second kappa shape index (κ2) is 12.1. The molecule has 0 aliphatic rings. The summed E-state index contributed by atoms with van der Waals surface area (Å²) in [7, 11) is -5.47. The molecule has 0 saturated carbocycles. The molecule has 207 valence electrons. The molecular formula is C25H25N3NaO9S2. The van der Waals surface area contributed by atoms with Crippen molar-refractivity contribution in [2.24, 2.45) is 0 Å². The first kappa shape index (κ1) is 31.4. The zero-order valence-corrected chi connectivity index (χ0v) is 26.0. The number of hydrogen-bond acceptors (Lipinski definition) is 10. The van der Waals surface area contributed by atoms with Gasteiger partial charge in [-0.3, -0.25) is 4.98 Å². The first-order valence-electron chi connectivity index (χ1n) is 11.4. The molecule has 0 unspecified atom stereocenters. The molecule has 4 rings (SSSR count). The molecule has 40 heavy (non-hydrogen) atoms. The largest absolute Gasteiger partial charge is 0.497 e. The number of sulfone groups is 2. The van der Waals surface area contributed by atoms with Crippen LogP contribution in [0.5, 0.6) is 17.2 Å². The molecule has 0 saturated heterocycles. The molecule has 0 spiro atoms. The Morgan fingerprint density at radius 3 is 2.27 bits per heavy atom. The van der Waals surface area contributed by atoms with Gasteiger partial charge in [-0.25, -0.2) is 26.6 Å². The van der Waals surface area contributed by atoms with Crippen LogP contribution < -0.4 is 14.2 Å². The van der Waals surface area contributed by atoms with E-state index in [4.69, 9.17) is 19.3 Å². The standard InChI is InChI=1S/C25H25N3O9S2.Na/c1-14-11-26-20(15(2)24(14)36-4)13-38(31,32)25-27-19-9-17(35-3)10-21(23(19)28-25)39(33,34)18-7-5-16(6-8-18)37-12-22(29)30;/h5-11H,12-13H2,1-4H3,(H,27,28)(H,29,30);. The molecule has 1 radical (unpaired) electrons. The fraction of sp³-hybridized carbons (Fsp3) is 0.240. The first-order valence-corrected chi connectivity index (χ1v) is 14.5. The number of aromatic amines is 1. The van der Waals surface area contributed by atoms with Gasteiger partial charge in [-0.2, -0.15) is 0 Å². The number of rotatable bonds is 10. The fourth-order valence-corrected chi connectivity index (χ4v) is 6.67. The Balaban J connectivity index is 0.00000441. The zero-order chi connectivity index (χ0) is 28.5. The number of aryl methyl sites for hydroxylation is 1. The minimum atomic E-state index is -4.22. The summed E-state index contributed by atoms with van der Waals surface area (Å²) in [5.41, 5.74) is 1.64. The molecule has 0 bridgehead atoms. The van der Waals surface area contributed by atoms with Gasteiger partial charge in [-0.1, -0.05) is 0 Å². The smallest absolute Gasteiger partial charge is 0.341 e. The van der Waals surface area contributed by atoms with Gasteiger partial charge in [0.25, 0.3) is 0 Å². The Labute approximate surface area is 252 Å². The van der Waals surface area contributed by atoms with Crippen molar-refractivity contribution in [2.75, 3.05) is 20.8 Å². The molecule has 0 atom stereocenters. The van der Waals surface area contributed by atoms with Crippen LogP contribution >= 0.6 is 0 Å². The van der Waals surface area contributed by atoms with Gasteiger partial charge in [0, 0.05) is 59.0 Å². The summed E-state index contributed by atoms with van der Waals surface area (Å²) in [5.74, 6) is -0.820. The van der Waals surface area contributed by atoms with E-state index in [0.29, 0.717) is 11.3 Å². The number of carbonyl (C=O) groups is 1. The minimum absolute atomic E-state index is 0. The number of pyridine rings is 1. The Morgan fingerprint density at radius 1 is 1.00 bits per heavy atom. The number of aromatic nitrogens is 3. The van der Waals surface area contributed by atoms with E-state index in [1.807, 2.05) is 0 Å². The number of imidazole rings is 1. The summed E-state index contributed by atoms with van der Waals surface area (Å²) < 4.78 is 69.5. The van der Waals surface area contributed by atoms with Gasteiger partial charge in [0.15, 0.2) is 6.61 Å². The summed E-state index contributed by atoms with van der Waals surface area (Å²) in [6.45, 7) is 2.91. The van der Waals surface area contributed by atoms with Crippen molar-refractivity contribution < 1.29 is 40.9 Å². The van der Waals surface area contributed by atoms with E-state index in [-0.39, 0.29) is 67.6 Å². The molecule has 4 aromatic rings. The Hall–Kier alpha value is -3.17. The van der Waals surface area contributed by atoms with Gasteiger partial charge in [0.2, 0.25) is 24.8 Å². The van der Waals surface area contributed by atoms with Gasteiger partial charge in [-0.15, -0.1) is 0 Å². The number of hydrogen-bond donors (Lipinski definition) is 2. The van der Waals surface area contributed by atoms with E-state index < -0.39 is 43.2 Å². The molecule has 0 aliphatic carbocycles. The van der Waals surface area contributed by atoms with Crippen molar-refractivity contribution in [1.82, 2.24) is 15.0 Å². The first-order chi connectivity index (χ1) is 18.4. The SMILES string of the molecule is COc1cc(S(=O)(=O)c2ccc(OCC(=O)O)cc2)c2nc(S(=O)(=O)Cc3ncc(C)c(OC)c3C)[nH]c2c1.[Na]. The number of nitrogens with one attached hydrogen (secondary N) is 1. The van der Waals surface area contributed by atoms with E-state index in [2.05, 4.69) is 15.0 Å². The Bertz CT molecular complexity index is 1790. The van der Waals surface area contributed by atoms with Crippen LogP contribution in [0.4, 0.5) is 0 Å². The monoisotopic (exact) mass is 598 g/mol. The maximum absolute atomic E-state index is 13.6. The molecule has 0 aliphatic heterocycles. The summed E-state index contributed by atoms with van der Waals surface area (Å²) >= 11 is 0. The Morgan fingerprint density at radius 2 is 1.68 bits per heavy atom. The second-order valence-electron chi connectivity index (χ2n) is 8.53. The van der Waals surface area contributed by atoms with E-state index in [9.17, 15) is 21.6 Å². The van der Waals surface area contributed by atoms with Crippen molar-refractivity contribution in [3.63, 3.8) is 0 Å². The van der Waals surface area contributed by atoms with Crippen LogP contribution in [0.3, 0.4) is 0 Å². The number of fused-ring (bicyclic) bond motifs is 1. The van der Waals surface area contributed by atoms with Crippen LogP contribution in [0.1, 0.15) is 16.8 Å². The van der Waals surface area contributed by atoms with Gasteiger partial charge in [0.1, 0.15) is 33.4 Å². The quantitative estimate of drug-likeness (QED) is 0.257. The predicted molar refractivity (Wildman–Crippen MR) is 145 cm³/mol. The average molecular weight is 599 g/mol. The van der Waals surface area contributed by atoms with Crippen molar-refractivity contribution in [3.8, 4) is 17.2 Å². The molecule has 15 heteroatoms. The normalized spacial score (nSPS) is 11.6. The van der Waals surface area contributed by atoms with Crippen molar-refractivity contribution >= 4 is 66.2 Å². The number of carboxylic acids is 1. The topological polar surface area (TPSA) is 175 Å². The molecule has 0 fully saturated rings. The van der Waals surface area contributed by atoms with E-state index in [1.165, 1.54) is 56.8 Å². The van der Waals surface area contributed by atoms with Crippen LogP contribution in [0.15, 0.2) is 57.5 Å². The van der Waals surface area contributed by atoms with Crippen LogP contribution in [-0.2, 0) is 30.2 Å². The number of aliphatic carboxylic acids is 1. The average Bonchev–Trinajstić information content (AvgIpc) is 3.34. The van der Waals surface area contributed by atoms with E-state index in [0.717, 1.165) is 5.56 Å². The summed E-state index contributed by atoms with van der Waals surface area (Å²) in [5, 5.41) is 8.32. The molecule has 2 aromatic heterocycles. The van der Waals surface area contributed by atoms with Gasteiger partial charge in [0.05, 0.1) is 30.3 Å².